The lowest BCUT2D eigenvalue weighted by Crippen LogP contribution is -2.04. The number of rotatable bonds is 5. The lowest BCUT2D eigenvalue weighted by atomic mass is 10.1. The van der Waals surface area contributed by atoms with E-state index in [1.54, 1.807) is 0 Å². The number of aromatic nitrogens is 1. The Balaban J connectivity index is 1.62. The fourth-order valence-corrected chi connectivity index (χ4v) is 2.27. The van der Waals surface area contributed by atoms with E-state index in [1.807, 2.05) is 18.2 Å². The third-order valence-electron chi connectivity index (χ3n) is 3.31. The standard InChI is InChI=1S/C16H15FN2O2/c17-12-9-14-15(21-16(20)19-14)10-13(12)18-8-4-7-11-5-2-1-3-6-11/h1-3,5-6,9-10,18H,4,7-8H2,(H,19,20). The number of oxazole rings is 1. The number of aryl methyl sites for hydroxylation is 1. The number of benzene rings is 2. The summed E-state index contributed by atoms with van der Waals surface area (Å²) in [6.45, 7) is 0.645. The van der Waals surface area contributed by atoms with Crippen LogP contribution in [0, 0.1) is 5.82 Å². The van der Waals surface area contributed by atoms with Gasteiger partial charge in [-0.2, -0.15) is 0 Å². The van der Waals surface area contributed by atoms with Crippen LogP contribution in [0.1, 0.15) is 12.0 Å². The number of halogens is 1. The molecule has 0 aliphatic carbocycles. The van der Waals surface area contributed by atoms with Gasteiger partial charge in [-0.1, -0.05) is 30.3 Å². The van der Waals surface area contributed by atoms with Gasteiger partial charge in [0.1, 0.15) is 5.82 Å². The maximum atomic E-state index is 13.9. The summed E-state index contributed by atoms with van der Waals surface area (Å²) in [5, 5.41) is 3.03. The first-order valence-corrected chi connectivity index (χ1v) is 6.82. The zero-order valence-electron chi connectivity index (χ0n) is 11.4. The summed E-state index contributed by atoms with van der Waals surface area (Å²) < 4.78 is 18.8. The van der Waals surface area contributed by atoms with Gasteiger partial charge in [0.15, 0.2) is 5.58 Å². The molecule has 3 rings (SSSR count). The van der Waals surface area contributed by atoms with Crippen LogP contribution in [0.5, 0.6) is 0 Å². The van der Waals surface area contributed by atoms with Crippen molar-refractivity contribution < 1.29 is 8.81 Å². The van der Waals surface area contributed by atoms with E-state index >= 15 is 0 Å². The van der Waals surface area contributed by atoms with Crippen molar-refractivity contribution in [2.24, 2.45) is 0 Å². The van der Waals surface area contributed by atoms with E-state index in [0.717, 1.165) is 12.8 Å². The number of anilines is 1. The number of aromatic amines is 1. The first-order chi connectivity index (χ1) is 10.2. The van der Waals surface area contributed by atoms with Crippen LogP contribution in [0.4, 0.5) is 10.1 Å². The molecule has 0 aliphatic heterocycles. The molecular formula is C16H15FN2O2. The SMILES string of the molecule is O=c1[nH]c2cc(F)c(NCCCc3ccccc3)cc2o1. The second-order valence-corrected chi connectivity index (χ2v) is 4.86. The average Bonchev–Trinajstić information content (AvgIpc) is 2.83. The number of hydrogen-bond donors (Lipinski definition) is 2. The third kappa shape index (κ3) is 3.13. The molecule has 21 heavy (non-hydrogen) atoms. The molecule has 0 aliphatic rings. The van der Waals surface area contributed by atoms with E-state index in [2.05, 4.69) is 22.4 Å². The van der Waals surface area contributed by atoms with Gasteiger partial charge in [0.25, 0.3) is 0 Å². The molecule has 0 fully saturated rings. The van der Waals surface area contributed by atoms with Gasteiger partial charge in [-0.15, -0.1) is 0 Å². The molecule has 0 radical (unpaired) electrons. The summed E-state index contributed by atoms with van der Waals surface area (Å²) in [5.41, 5.74) is 2.32. The topological polar surface area (TPSA) is 58.0 Å². The van der Waals surface area contributed by atoms with Crippen molar-refractivity contribution in [3.63, 3.8) is 0 Å². The maximum Gasteiger partial charge on any atom is 0.417 e. The minimum absolute atomic E-state index is 0.346. The molecule has 4 nitrogen and oxygen atoms in total. The number of nitrogens with one attached hydrogen (secondary N) is 2. The second kappa shape index (κ2) is 5.83. The molecule has 0 amide bonds. The number of hydrogen-bond acceptors (Lipinski definition) is 3. The molecule has 0 saturated carbocycles. The maximum absolute atomic E-state index is 13.9. The molecule has 108 valence electrons. The minimum Gasteiger partial charge on any atom is -0.408 e. The molecule has 1 heterocycles. The molecule has 0 saturated heterocycles. The van der Waals surface area contributed by atoms with E-state index in [4.69, 9.17) is 4.42 Å². The van der Waals surface area contributed by atoms with Crippen LogP contribution >= 0.6 is 0 Å². The fraction of sp³-hybridized carbons (Fsp3) is 0.188. The summed E-state index contributed by atoms with van der Waals surface area (Å²) in [7, 11) is 0. The summed E-state index contributed by atoms with van der Waals surface area (Å²) in [5.74, 6) is -0.982. The summed E-state index contributed by atoms with van der Waals surface area (Å²) >= 11 is 0. The minimum atomic E-state index is -0.578. The molecule has 1 aromatic heterocycles. The molecule has 2 N–H and O–H groups in total. The Morgan fingerprint density at radius 1 is 1.19 bits per heavy atom. The van der Waals surface area contributed by atoms with Crippen LogP contribution in [0.15, 0.2) is 51.7 Å². The first-order valence-electron chi connectivity index (χ1n) is 6.82. The van der Waals surface area contributed by atoms with Crippen molar-refractivity contribution in [1.29, 1.82) is 0 Å². The van der Waals surface area contributed by atoms with E-state index in [1.165, 1.54) is 17.7 Å². The highest BCUT2D eigenvalue weighted by Gasteiger charge is 2.08. The largest absolute Gasteiger partial charge is 0.417 e. The lowest BCUT2D eigenvalue weighted by molar-refractivity contribution is 0.555. The predicted octanol–water partition coefficient (Wildman–Crippen LogP) is 3.30. The van der Waals surface area contributed by atoms with Crippen molar-refractivity contribution in [3.8, 4) is 0 Å². The molecule has 0 spiro atoms. The lowest BCUT2D eigenvalue weighted by Gasteiger charge is -2.07. The number of H-pyrrole nitrogens is 1. The molecule has 2 aromatic carbocycles. The van der Waals surface area contributed by atoms with E-state index in [0.29, 0.717) is 23.3 Å². The van der Waals surface area contributed by atoms with E-state index in [-0.39, 0.29) is 0 Å². The van der Waals surface area contributed by atoms with Crippen LogP contribution in [0.25, 0.3) is 11.1 Å². The normalized spacial score (nSPS) is 10.9. The Hall–Kier alpha value is -2.56. The summed E-state index contributed by atoms with van der Waals surface area (Å²) in [6, 6.07) is 12.9. The van der Waals surface area contributed by atoms with Crippen molar-refractivity contribution in [3.05, 3.63) is 64.4 Å². The Kier molecular flexibility index (Phi) is 3.73. The van der Waals surface area contributed by atoms with Crippen molar-refractivity contribution in [2.75, 3.05) is 11.9 Å². The highest BCUT2D eigenvalue weighted by Crippen LogP contribution is 2.20. The van der Waals surface area contributed by atoms with Crippen LogP contribution in [0.2, 0.25) is 0 Å². The van der Waals surface area contributed by atoms with Gasteiger partial charge in [0.2, 0.25) is 0 Å². The fourth-order valence-electron chi connectivity index (χ4n) is 2.27. The Labute approximate surface area is 120 Å². The van der Waals surface area contributed by atoms with Crippen LogP contribution < -0.4 is 11.1 Å². The van der Waals surface area contributed by atoms with Crippen molar-refractivity contribution >= 4 is 16.8 Å². The van der Waals surface area contributed by atoms with E-state index in [9.17, 15) is 9.18 Å². The second-order valence-electron chi connectivity index (χ2n) is 4.86. The molecule has 3 aromatic rings. The smallest absolute Gasteiger partial charge is 0.408 e. The summed E-state index contributed by atoms with van der Waals surface area (Å²) in [4.78, 5) is 13.5. The Morgan fingerprint density at radius 3 is 2.81 bits per heavy atom. The third-order valence-corrected chi connectivity index (χ3v) is 3.31. The Bertz CT molecular complexity index is 793. The van der Waals surface area contributed by atoms with E-state index < -0.39 is 11.6 Å². The quantitative estimate of drug-likeness (QED) is 0.707. The zero-order chi connectivity index (χ0) is 14.7. The Morgan fingerprint density at radius 2 is 2.00 bits per heavy atom. The van der Waals surface area contributed by atoms with Crippen molar-refractivity contribution in [2.45, 2.75) is 12.8 Å². The van der Waals surface area contributed by atoms with Crippen LogP contribution in [0.3, 0.4) is 0 Å². The molecule has 0 unspecified atom stereocenters. The van der Waals surface area contributed by atoms with Gasteiger partial charge < -0.3 is 9.73 Å². The van der Waals surface area contributed by atoms with Gasteiger partial charge in [-0.3, -0.25) is 4.98 Å². The molecule has 0 atom stereocenters. The predicted molar refractivity (Wildman–Crippen MR) is 80.0 cm³/mol. The van der Waals surface area contributed by atoms with Gasteiger partial charge >= 0.3 is 5.76 Å². The number of fused-ring (bicyclic) bond motifs is 1. The van der Waals surface area contributed by atoms with Gasteiger partial charge in [0, 0.05) is 18.7 Å². The summed E-state index contributed by atoms with van der Waals surface area (Å²) in [6.07, 6.45) is 1.81. The molecule has 0 bridgehead atoms. The van der Waals surface area contributed by atoms with Gasteiger partial charge in [0.05, 0.1) is 11.2 Å². The zero-order valence-corrected chi connectivity index (χ0v) is 11.4. The van der Waals surface area contributed by atoms with Crippen LogP contribution in [-0.4, -0.2) is 11.5 Å². The average molecular weight is 286 g/mol. The van der Waals surface area contributed by atoms with Gasteiger partial charge in [-0.25, -0.2) is 9.18 Å². The highest BCUT2D eigenvalue weighted by molar-refractivity contribution is 5.77. The van der Waals surface area contributed by atoms with Gasteiger partial charge in [-0.05, 0) is 18.4 Å². The van der Waals surface area contributed by atoms with Crippen molar-refractivity contribution in [1.82, 2.24) is 4.98 Å². The first kappa shape index (κ1) is 13.4. The molecular weight excluding hydrogens is 271 g/mol. The monoisotopic (exact) mass is 286 g/mol. The van der Waals surface area contributed by atoms with Crippen LogP contribution in [-0.2, 0) is 6.42 Å². The molecule has 5 heteroatoms. The highest BCUT2D eigenvalue weighted by atomic mass is 19.1.